The quantitative estimate of drug-likeness (QED) is 0.440. The molecule has 1 atom stereocenters. The first-order valence-electron chi connectivity index (χ1n) is 10.3. The van der Waals surface area contributed by atoms with Gasteiger partial charge in [-0.3, -0.25) is 9.36 Å². The lowest BCUT2D eigenvalue weighted by Gasteiger charge is -2.20. The van der Waals surface area contributed by atoms with E-state index in [2.05, 4.69) is 45.4 Å². The molecular weight excluding hydrogens is 374 g/mol. The highest BCUT2D eigenvalue weighted by Gasteiger charge is 2.38. The zero-order valence-electron chi connectivity index (χ0n) is 17.3. The van der Waals surface area contributed by atoms with Gasteiger partial charge in [0.15, 0.2) is 0 Å². The molecule has 0 bridgehead atoms. The van der Waals surface area contributed by atoms with Crippen molar-refractivity contribution in [1.29, 1.82) is 0 Å². The summed E-state index contributed by atoms with van der Waals surface area (Å²) in [5, 5.41) is 8.94. The summed E-state index contributed by atoms with van der Waals surface area (Å²) in [6, 6.07) is 10.4. The molecule has 0 radical (unpaired) electrons. The van der Waals surface area contributed by atoms with E-state index in [4.69, 9.17) is 4.98 Å². The Bertz CT molecular complexity index is 1180. The predicted molar refractivity (Wildman–Crippen MR) is 116 cm³/mol. The van der Waals surface area contributed by atoms with Crippen LogP contribution in [0.2, 0.25) is 0 Å². The van der Waals surface area contributed by atoms with E-state index in [0.717, 1.165) is 34.0 Å². The molecule has 1 saturated carbocycles. The molecule has 1 aliphatic rings. The molecule has 0 spiro atoms. The maximum atomic E-state index is 4.88. The lowest BCUT2D eigenvalue weighted by atomic mass is 10.0. The summed E-state index contributed by atoms with van der Waals surface area (Å²) in [6.07, 6.45) is 9.77. The van der Waals surface area contributed by atoms with Crippen LogP contribution >= 0.6 is 0 Å². The van der Waals surface area contributed by atoms with Crippen molar-refractivity contribution in [2.75, 3.05) is 0 Å². The number of nitrogens with zero attached hydrogens (tertiary/aromatic N) is 7. The van der Waals surface area contributed by atoms with Crippen LogP contribution in [-0.2, 0) is 13.6 Å². The largest absolute Gasteiger partial charge is 0.319 e. The van der Waals surface area contributed by atoms with Gasteiger partial charge in [0.05, 0.1) is 36.5 Å². The smallest absolute Gasteiger partial charge is 0.150 e. The van der Waals surface area contributed by atoms with Gasteiger partial charge in [0.25, 0.3) is 0 Å². The van der Waals surface area contributed by atoms with E-state index in [-0.39, 0.29) is 6.04 Å². The van der Waals surface area contributed by atoms with E-state index < -0.39 is 0 Å². The second-order valence-corrected chi connectivity index (χ2v) is 7.85. The van der Waals surface area contributed by atoms with Gasteiger partial charge in [-0.05, 0) is 25.7 Å². The monoisotopic (exact) mass is 399 g/mol. The summed E-state index contributed by atoms with van der Waals surface area (Å²) in [7, 11) is 1.96. The van der Waals surface area contributed by atoms with Crippen LogP contribution in [0.15, 0.2) is 61.8 Å². The van der Waals surface area contributed by atoms with Crippen molar-refractivity contribution in [3.63, 3.8) is 0 Å². The molecule has 3 aromatic heterocycles. The first kappa shape index (κ1) is 18.5. The average molecular weight is 400 g/mol. The summed E-state index contributed by atoms with van der Waals surface area (Å²) in [5.74, 6) is 1.50. The summed E-state index contributed by atoms with van der Waals surface area (Å²) >= 11 is 0. The van der Waals surface area contributed by atoms with Crippen molar-refractivity contribution in [1.82, 2.24) is 34.1 Å². The summed E-state index contributed by atoms with van der Waals surface area (Å²) in [6.45, 7) is 6.64. The Morgan fingerprint density at radius 3 is 2.63 bits per heavy atom. The second-order valence-electron chi connectivity index (χ2n) is 7.85. The Morgan fingerprint density at radius 2 is 1.97 bits per heavy atom. The third-order valence-corrected chi connectivity index (χ3v) is 5.88. The van der Waals surface area contributed by atoms with Crippen molar-refractivity contribution in [3.8, 4) is 22.5 Å². The fraction of sp³-hybridized carbons (Fsp3) is 0.304. The molecule has 0 saturated heterocycles. The fourth-order valence-electron chi connectivity index (χ4n) is 4.18. The van der Waals surface area contributed by atoms with Crippen molar-refractivity contribution < 1.29 is 0 Å². The molecule has 1 fully saturated rings. The third kappa shape index (κ3) is 3.07. The number of hydrogen-bond acceptors (Lipinski definition) is 4. The molecule has 0 amide bonds. The maximum absolute atomic E-state index is 4.88. The van der Waals surface area contributed by atoms with Crippen LogP contribution in [0.1, 0.15) is 30.4 Å². The van der Waals surface area contributed by atoms with Crippen LogP contribution < -0.4 is 0 Å². The molecule has 1 aliphatic carbocycles. The number of aryl methyl sites for hydroxylation is 1. The highest BCUT2D eigenvalue weighted by molar-refractivity contribution is 5.79. The zero-order valence-corrected chi connectivity index (χ0v) is 17.3. The van der Waals surface area contributed by atoms with E-state index in [1.807, 2.05) is 53.2 Å². The molecule has 1 unspecified atom stereocenters. The molecule has 7 nitrogen and oxygen atoms in total. The van der Waals surface area contributed by atoms with Crippen LogP contribution in [0, 0.1) is 12.8 Å². The Labute approximate surface area is 175 Å². The molecule has 0 aliphatic heterocycles. The molecule has 1 aromatic carbocycles. The van der Waals surface area contributed by atoms with Gasteiger partial charge >= 0.3 is 0 Å². The third-order valence-electron chi connectivity index (χ3n) is 5.88. The average Bonchev–Trinajstić information content (AvgIpc) is 3.21. The molecular formula is C23H25N7. The fourth-order valence-corrected chi connectivity index (χ4v) is 4.18. The molecule has 152 valence electrons. The Hall–Kier alpha value is -3.48. The van der Waals surface area contributed by atoms with Gasteiger partial charge in [0, 0.05) is 23.9 Å². The maximum Gasteiger partial charge on any atom is 0.150 e. The summed E-state index contributed by atoms with van der Waals surface area (Å²) in [4.78, 5) is 9.47. The SMILES string of the molecule is C=CCn1ncc(-c2c(-c3ccccc3)ncn2C(c2ncnn2C)C2CC2)c1C. The Morgan fingerprint density at radius 1 is 1.17 bits per heavy atom. The first-order valence-corrected chi connectivity index (χ1v) is 10.3. The van der Waals surface area contributed by atoms with Gasteiger partial charge < -0.3 is 4.57 Å². The van der Waals surface area contributed by atoms with Gasteiger partial charge in [0.1, 0.15) is 12.2 Å². The van der Waals surface area contributed by atoms with Crippen LogP contribution in [-0.4, -0.2) is 34.1 Å². The van der Waals surface area contributed by atoms with E-state index in [0.29, 0.717) is 12.5 Å². The molecule has 30 heavy (non-hydrogen) atoms. The number of allylic oxidation sites excluding steroid dienone is 1. The molecule has 3 heterocycles. The molecule has 0 N–H and O–H groups in total. The zero-order chi connectivity index (χ0) is 20.7. The first-order chi connectivity index (χ1) is 14.7. The number of rotatable bonds is 7. The van der Waals surface area contributed by atoms with Gasteiger partial charge in [0.2, 0.25) is 0 Å². The van der Waals surface area contributed by atoms with E-state index >= 15 is 0 Å². The minimum Gasteiger partial charge on any atom is -0.319 e. The highest BCUT2D eigenvalue weighted by Crippen LogP contribution is 2.46. The molecule has 7 heteroatoms. The lowest BCUT2D eigenvalue weighted by Crippen LogP contribution is -2.18. The van der Waals surface area contributed by atoms with Crippen LogP contribution in [0.25, 0.3) is 22.5 Å². The van der Waals surface area contributed by atoms with Crippen LogP contribution in [0.3, 0.4) is 0 Å². The lowest BCUT2D eigenvalue weighted by molar-refractivity contribution is 0.472. The predicted octanol–water partition coefficient (Wildman–Crippen LogP) is 4.04. The van der Waals surface area contributed by atoms with Gasteiger partial charge in [-0.1, -0.05) is 36.4 Å². The van der Waals surface area contributed by atoms with E-state index in [1.165, 1.54) is 12.8 Å². The van der Waals surface area contributed by atoms with Crippen molar-refractivity contribution in [2.45, 2.75) is 32.4 Å². The standard InChI is InChI=1S/C23H25N7/c1-4-12-30-16(2)19(13-26-30)22-20(17-8-6-5-7-9-17)25-15-29(22)21(18-10-11-18)23-24-14-27-28(23)3/h4-9,13-15,18,21H,1,10-12H2,2-3H3. The van der Waals surface area contributed by atoms with Crippen LogP contribution in [0.4, 0.5) is 0 Å². The van der Waals surface area contributed by atoms with Gasteiger partial charge in [-0.15, -0.1) is 6.58 Å². The number of hydrogen-bond donors (Lipinski definition) is 0. The van der Waals surface area contributed by atoms with Gasteiger partial charge in [-0.25, -0.2) is 9.97 Å². The number of imidazole rings is 1. The Kier molecular flexibility index (Phi) is 4.58. The summed E-state index contributed by atoms with van der Waals surface area (Å²) in [5.41, 5.74) is 5.32. The minimum atomic E-state index is 0.0969. The number of aromatic nitrogens is 7. The normalized spacial score (nSPS) is 14.7. The Balaban J connectivity index is 1.73. The van der Waals surface area contributed by atoms with Crippen molar-refractivity contribution in [3.05, 3.63) is 73.4 Å². The van der Waals surface area contributed by atoms with E-state index in [1.54, 1.807) is 6.33 Å². The van der Waals surface area contributed by atoms with Gasteiger partial charge in [-0.2, -0.15) is 10.2 Å². The van der Waals surface area contributed by atoms with Crippen molar-refractivity contribution >= 4 is 0 Å². The second kappa shape index (κ2) is 7.40. The summed E-state index contributed by atoms with van der Waals surface area (Å²) < 4.78 is 6.14. The molecule has 4 aromatic rings. The minimum absolute atomic E-state index is 0.0969. The topological polar surface area (TPSA) is 66.3 Å². The molecule has 5 rings (SSSR count). The highest BCUT2D eigenvalue weighted by atomic mass is 15.3. The van der Waals surface area contributed by atoms with Crippen molar-refractivity contribution in [2.24, 2.45) is 13.0 Å². The number of benzene rings is 1. The van der Waals surface area contributed by atoms with E-state index in [9.17, 15) is 0 Å². The van der Waals surface area contributed by atoms with Crippen LogP contribution in [0.5, 0.6) is 0 Å².